The maximum Gasteiger partial charge on any atom is 0.177 e. The van der Waals surface area contributed by atoms with E-state index in [1.807, 2.05) is 29.6 Å². The second-order valence-electron chi connectivity index (χ2n) is 7.65. The molecule has 1 aliphatic rings. The van der Waals surface area contributed by atoms with Gasteiger partial charge < -0.3 is 9.64 Å². The summed E-state index contributed by atoms with van der Waals surface area (Å²) in [7, 11) is 5.84. The van der Waals surface area contributed by atoms with E-state index in [1.165, 1.54) is 0 Å². The lowest BCUT2D eigenvalue weighted by atomic mass is 9.97. The van der Waals surface area contributed by atoms with E-state index in [2.05, 4.69) is 47.1 Å². The topological polar surface area (TPSA) is 69.7 Å². The van der Waals surface area contributed by atoms with Crippen molar-refractivity contribution in [2.24, 2.45) is 0 Å². The highest BCUT2D eigenvalue weighted by Crippen LogP contribution is 2.40. The maximum atomic E-state index is 9.94. The van der Waals surface area contributed by atoms with Crippen LogP contribution in [0.1, 0.15) is 29.8 Å². The number of rotatable bonds is 5. The highest BCUT2D eigenvalue weighted by atomic mass is 16.5. The van der Waals surface area contributed by atoms with E-state index in [0.29, 0.717) is 23.6 Å². The molecule has 0 amide bonds. The average Bonchev–Trinajstić information content (AvgIpc) is 3.35. The first kappa shape index (κ1) is 19.4. The molecule has 1 fully saturated rings. The standard InChI is InChI=1S/C22H26N6O/c1-15-17(13-23)21-24-18(14-29-4)25-28(21)22(20(15)16-9-6-5-7-10-16)27-12-8-11-19(27)26(2)3/h5-7,9-10,19H,8,11-12,14H2,1-4H3. The molecule has 29 heavy (non-hydrogen) atoms. The molecule has 1 aromatic carbocycles. The normalized spacial score (nSPS) is 16.7. The number of benzene rings is 1. The molecule has 7 nitrogen and oxygen atoms in total. The third-order valence-corrected chi connectivity index (χ3v) is 5.59. The molecular formula is C22H26N6O. The van der Waals surface area contributed by atoms with Gasteiger partial charge in [-0.25, -0.2) is 4.98 Å². The van der Waals surface area contributed by atoms with Crippen molar-refractivity contribution in [3.63, 3.8) is 0 Å². The number of hydrogen-bond donors (Lipinski definition) is 0. The zero-order chi connectivity index (χ0) is 20.5. The van der Waals surface area contributed by atoms with Crippen LogP contribution in [0.2, 0.25) is 0 Å². The highest BCUT2D eigenvalue weighted by molar-refractivity contribution is 5.85. The quantitative estimate of drug-likeness (QED) is 0.666. The summed E-state index contributed by atoms with van der Waals surface area (Å²) in [6.45, 7) is 3.25. The number of nitriles is 1. The van der Waals surface area contributed by atoms with Gasteiger partial charge >= 0.3 is 0 Å². The van der Waals surface area contributed by atoms with Crippen molar-refractivity contribution >= 4 is 11.5 Å². The number of methoxy groups -OCH3 is 1. The summed E-state index contributed by atoms with van der Waals surface area (Å²) >= 11 is 0. The fourth-order valence-electron chi connectivity index (χ4n) is 4.30. The van der Waals surface area contributed by atoms with Crippen LogP contribution < -0.4 is 4.90 Å². The lowest BCUT2D eigenvalue weighted by Crippen LogP contribution is -2.41. The van der Waals surface area contributed by atoms with Gasteiger partial charge in [-0.2, -0.15) is 9.78 Å². The fourth-order valence-corrected chi connectivity index (χ4v) is 4.30. The van der Waals surface area contributed by atoms with Gasteiger partial charge in [-0.05, 0) is 45.0 Å². The molecule has 7 heteroatoms. The summed E-state index contributed by atoms with van der Waals surface area (Å²) in [6.07, 6.45) is 2.46. The summed E-state index contributed by atoms with van der Waals surface area (Å²) in [5.74, 6) is 1.57. The van der Waals surface area contributed by atoms with Gasteiger partial charge in [0, 0.05) is 19.2 Å². The van der Waals surface area contributed by atoms with Crippen LogP contribution in [-0.2, 0) is 11.3 Å². The van der Waals surface area contributed by atoms with Gasteiger partial charge in [0.1, 0.15) is 24.1 Å². The van der Waals surface area contributed by atoms with Crippen LogP contribution in [0.4, 0.5) is 5.82 Å². The number of hydrogen-bond acceptors (Lipinski definition) is 6. The van der Waals surface area contributed by atoms with E-state index in [4.69, 9.17) is 9.84 Å². The molecule has 0 saturated carbocycles. The Morgan fingerprint density at radius 3 is 2.69 bits per heavy atom. The minimum absolute atomic E-state index is 0.267. The van der Waals surface area contributed by atoms with Crippen molar-refractivity contribution in [1.29, 1.82) is 5.26 Å². The molecule has 2 aromatic heterocycles. The number of pyridine rings is 1. The monoisotopic (exact) mass is 390 g/mol. The molecule has 1 unspecified atom stereocenters. The van der Waals surface area contributed by atoms with Crippen molar-refractivity contribution in [1.82, 2.24) is 19.5 Å². The predicted molar refractivity (Wildman–Crippen MR) is 113 cm³/mol. The molecule has 3 heterocycles. The molecule has 0 spiro atoms. The number of fused-ring (bicyclic) bond motifs is 1. The van der Waals surface area contributed by atoms with Crippen LogP contribution in [0, 0.1) is 18.3 Å². The summed E-state index contributed by atoms with van der Waals surface area (Å²) < 4.78 is 7.11. The maximum absolute atomic E-state index is 9.94. The second kappa shape index (κ2) is 7.82. The molecule has 0 bridgehead atoms. The molecule has 3 aromatic rings. The van der Waals surface area contributed by atoms with Crippen LogP contribution in [-0.4, -0.2) is 53.4 Å². The Bertz CT molecular complexity index is 1070. The number of nitrogens with zero attached hydrogens (tertiary/aromatic N) is 6. The van der Waals surface area contributed by atoms with E-state index < -0.39 is 0 Å². The Hall–Kier alpha value is -2.95. The second-order valence-corrected chi connectivity index (χ2v) is 7.65. The van der Waals surface area contributed by atoms with Gasteiger partial charge in [0.05, 0.1) is 6.17 Å². The lowest BCUT2D eigenvalue weighted by Gasteiger charge is -2.33. The van der Waals surface area contributed by atoms with Gasteiger partial charge in [0.2, 0.25) is 0 Å². The summed E-state index contributed by atoms with van der Waals surface area (Å²) in [6, 6.07) is 12.6. The van der Waals surface area contributed by atoms with Gasteiger partial charge in [-0.1, -0.05) is 30.3 Å². The van der Waals surface area contributed by atoms with Crippen LogP contribution in [0.5, 0.6) is 0 Å². The smallest absolute Gasteiger partial charge is 0.177 e. The summed E-state index contributed by atoms with van der Waals surface area (Å²) in [4.78, 5) is 9.28. The Kier molecular flexibility index (Phi) is 5.22. The van der Waals surface area contributed by atoms with E-state index in [0.717, 1.165) is 41.9 Å². The fraction of sp³-hybridized carbons (Fsp3) is 0.409. The molecule has 1 aliphatic heterocycles. The first-order valence-corrected chi connectivity index (χ1v) is 9.86. The molecule has 0 N–H and O–H groups in total. The van der Waals surface area contributed by atoms with E-state index in [9.17, 15) is 5.26 Å². The first-order chi connectivity index (χ1) is 14.1. The first-order valence-electron chi connectivity index (χ1n) is 9.86. The Labute approximate surface area is 171 Å². The van der Waals surface area contributed by atoms with Gasteiger partial charge in [-0.3, -0.25) is 4.90 Å². The SMILES string of the molecule is COCc1nc2c(C#N)c(C)c(-c3ccccc3)c(N3CCCC3N(C)C)n2n1. The average molecular weight is 390 g/mol. The number of anilines is 1. The molecule has 150 valence electrons. The number of aromatic nitrogens is 3. The predicted octanol–water partition coefficient (Wildman–Crippen LogP) is 3.21. The van der Waals surface area contributed by atoms with Crippen molar-refractivity contribution in [2.45, 2.75) is 32.5 Å². The van der Waals surface area contributed by atoms with E-state index in [-0.39, 0.29) is 6.17 Å². The van der Waals surface area contributed by atoms with Crippen molar-refractivity contribution < 1.29 is 4.74 Å². The Morgan fingerprint density at radius 1 is 1.28 bits per heavy atom. The Morgan fingerprint density at radius 2 is 2.03 bits per heavy atom. The van der Waals surface area contributed by atoms with Gasteiger partial charge in [0.25, 0.3) is 0 Å². The minimum atomic E-state index is 0.267. The van der Waals surface area contributed by atoms with Crippen LogP contribution in [0.15, 0.2) is 30.3 Å². The minimum Gasteiger partial charge on any atom is -0.377 e. The largest absolute Gasteiger partial charge is 0.377 e. The van der Waals surface area contributed by atoms with Crippen molar-refractivity contribution in [3.8, 4) is 17.2 Å². The molecular weight excluding hydrogens is 364 g/mol. The molecule has 4 rings (SSSR count). The third-order valence-electron chi connectivity index (χ3n) is 5.59. The zero-order valence-electron chi connectivity index (χ0n) is 17.4. The molecule has 0 aliphatic carbocycles. The molecule has 1 atom stereocenters. The van der Waals surface area contributed by atoms with Crippen molar-refractivity contribution in [3.05, 3.63) is 47.3 Å². The summed E-state index contributed by atoms with van der Waals surface area (Å²) in [5.41, 5.74) is 4.20. The van der Waals surface area contributed by atoms with Crippen LogP contribution >= 0.6 is 0 Å². The van der Waals surface area contributed by atoms with Gasteiger partial charge in [0.15, 0.2) is 11.5 Å². The van der Waals surface area contributed by atoms with E-state index in [1.54, 1.807) is 7.11 Å². The lowest BCUT2D eigenvalue weighted by molar-refractivity contribution is 0.178. The van der Waals surface area contributed by atoms with Crippen LogP contribution in [0.3, 0.4) is 0 Å². The summed E-state index contributed by atoms with van der Waals surface area (Å²) in [5, 5.41) is 14.7. The van der Waals surface area contributed by atoms with Crippen LogP contribution in [0.25, 0.3) is 16.8 Å². The van der Waals surface area contributed by atoms with Crippen molar-refractivity contribution in [2.75, 3.05) is 32.6 Å². The molecule has 0 radical (unpaired) electrons. The van der Waals surface area contributed by atoms with E-state index >= 15 is 0 Å². The third kappa shape index (κ3) is 3.24. The Balaban J connectivity index is 2.08. The zero-order valence-corrected chi connectivity index (χ0v) is 17.4. The number of ether oxygens (including phenoxy) is 1. The van der Waals surface area contributed by atoms with Gasteiger partial charge in [-0.15, -0.1) is 5.10 Å². The highest BCUT2D eigenvalue weighted by Gasteiger charge is 2.33. The molecule has 1 saturated heterocycles.